The monoisotopic (exact) mass is 311 g/mol. The van der Waals surface area contributed by atoms with Crippen molar-refractivity contribution in [1.29, 1.82) is 0 Å². The first kappa shape index (κ1) is 16.1. The molecular weight excluding hydrogens is 286 g/mol. The number of likely N-dealkylation sites (tertiary alicyclic amines) is 1. The normalized spacial score (nSPS) is 24.4. The molecule has 118 valence electrons. The van der Waals surface area contributed by atoms with E-state index in [1.54, 1.807) is 23.3 Å². The van der Waals surface area contributed by atoms with Crippen LogP contribution in [0.15, 0.2) is 10.4 Å². The van der Waals surface area contributed by atoms with Gasteiger partial charge < -0.3 is 14.6 Å². The molecule has 1 aliphatic heterocycles. The van der Waals surface area contributed by atoms with Crippen LogP contribution in [0.2, 0.25) is 0 Å². The highest BCUT2D eigenvalue weighted by molar-refractivity contribution is 7.07. The van der Waals surface area contributed by atoms with Crippen molar-refractivity contribution in [3.05, 3.63) is 15.9 Å². The Balaban J connectivity index is 2.29. The molecule has 2 rings (SSSR count). The zero-order valence-electron chi connectivity index (χ0n) is 13.5. The third-order valence-electron chi connectivity index (χ3n) is 4.42. The van der Waals surface area contributed by atoms with Gasteiger partial charge in [-0.15, -0.1) is 11.3 Å². The van der Waals surface area contributed by atoms with Crippen LogP contribution in [-0.4, -0.2) is 40.3 Å². The smallest absolute Gasteiger partial charge is 0.407 e. The van der Waals surface area contributed by atoms with Gasteiger partial charge in [0.05, 0.1) is 0 Å². The van der Waals surface area contributed by atoms with Gasteiger partial charge in [0.1, 0.15) is 0 Å². The van der Waals surface area contributed by atoms with E-state index in [1.165, 1.54) is 5.69 Å². The maximum atomic E-state index is 11.5. The lowest BCUT2D eigenvalue weighted by Crippen LogP contribution is -2.51. The summed E-state index contributed by atoms with van der Waals surface area (Å²) in [7, 11) is 3.85. The second kappa shape index (κ2) is 5.83. The molecule has 6 heteroatoms. The largest absolute Gasteiger partial charge is 0.465 e. The Labute approximate surface area is 129 Å². The fraction of sp³-hybridized carbons (Fsp3) is 0.733. The van der Waals surface area contributed by atoms with Crippen LogP contribution in [0.1, 0.15) is 45.2 Å². The van der Waals surface area contributed by atoms with Gasteiger partial charge in [-0.25, -0.2) is 4.79 Å². The molecule has 1 aromatic heterocycles. The summed E-state index contributed by atoms with van der Waals surface area (Å²) in [5.41, 5.74) is 1.23. The zero-order valence-corrected chi connectivity index (χ0v) is 14.3. The molecule has 1 amide bonds. The molecule has 21 heavy (non-hydrogen) atoms. The lowest BCUT2D eigenvalue weighted by Gasteiger charge is -2.44. The van der Waals surface area contributed by atoms with Gasteiger partial charge in [0.2, 0.25) is 0 Å². The SMILES string of the molecule is CN=c1scc(C2CCN(C(=O)O)C(C(C)(C)C)C2)n1C. The van der Waals surface area contributed by atoms with Crippen molar-refractivity contribution in [3.63, 3.8) is 0 Å². The summed E-state index contributed by atoms with van der Waals surface area (Å²) in [4.78, 5) is 18.4. The summed E-state index contributed by atoms with van der Waals surface area (Å²) in [5, 5.41) is 11.6. The van der Waals surface area contributed by atoms with E-state index in [-0.39, 0.29) is 11.5 Å². The van der Waals surface area contributed by atoms with Crippen LogP contribution >= 0.6 is 11.3 Å². The fourth-order valence-electron chi connectivity index (χ4n) is 3.24. The minimum absolute atomic E-state index is 0.0515. The Bertz CT molecular complexity index is 582. The van der Waals surface area contributed by atoms with Crippen molar-refractivity contribution >= 4 is 17.4 Å². The number of hydrogen-bond acceptors (Lipinski definition) is 3. The van der Waals surface area contributed by atoms with E-state index in [0.29, 0.717) is 12.5 Å². The summed E-state index contributed by atoms with van der Waals surface area (Å²) in [5.74, 6) is 0.404. The van der Waals surface area contributed by atoms with E-state index < -0.39 is 6.09 Å². The van der Waals surface area contributed by atoms with Crippen LogP contribution < -0.4 is 4.80 Å². The van der Waals surface area contributed by atoms with E-state index in [0.717, 1.165) is 17.6 Å². The maximum absolute atomic E-state index is 11.5. The average Bonchev–Trinajstić information content (AvgIpc) is 2.78. The van der Waals surface area contributed by atoms with Crippen LogP contribution in [-0.2, 0) is 7.05 Å². The van der Waals surface area contributed by atoms with Crippen molar-refractivity contribution in [2.75, 3.05) is 13.6 Å². The van der Waals surface area contributed by atoms with Crippen molar-refractivity contribution in [2.24, 2.45) is 17.5 Å². The molecule has 0 saturated carbocycles. The van der Waals surface area contributed by atoms with E-state index >= 15 is 0 Å². The molecule has 0 aromatic carbocycles. The first-order chi connectivity index (χ1) is 9.75. The van der Waals surface area contributed by atoms with Crippen LogP contribution in [0, 0.1) is 5.41 Å². The summed E-state index contributed by atoms with van der Waals surface area (Å²) in [6, 6.07) is 0.0515. The standard InChI is InChI=1S/C15H25N3O2S/c1-15(2,3)12-8-10(6-7-18(12)14(19)20)11-9-21-13(16-4)17(11)5/h9-10,12H,6-8H2,1-5H3,(H,19,20). The minimum Gasteiger partial charge on any atom is -0.465 e. The average molecular weight is 311 g/mol. The molecule has 2 atom stereocenters. The number of amides is 1. The van der Waals surface area contributed by atoms with Crippen molar-refractivity contribution in [1.82, 2.24) is 9.47 Å². The van der Waals surface area contributed by atoms with Gasteiger partial charge in [-0.1, -0.05) is 20.8 Å². The number of aromatic nitrogens is 1. The Morgan fingerprint density at radius 1 is 1.48 bits per heavy atom. The van der Waals surface area contributed by atoms with Crippen LogP contribution in [0.5, 0.6) is 0 Å². The molecule has 2 heterocycles. The van der Waals surface area contributed by atoms with Gasteiger partial charge in [0.25, 0.3) is 0 Å². The predicted octanol–water partition coefficient (Wildman–Crippen LogP) is 2.89. The minimum atomic E-state index is -0.799. The van der Waals surface area contributed by atoms with Crippen LogP contribution in [0.3, 0.4) is 0 Å². The molecule has 2 unspecified atom stereocenters. The topological polar surface area (TPSA) is 57.8 Å². The number of carbonyl (C=O) groups is 1. The number of rotatable bonds is 1. The highest BCUT2D eigenvalue weighted by Gasteiger charge is 2.39. The number of piperidine rings is 1. The van der Waals surface area contributed by atoms with E-state index in [9.17, 15) is 9.90 Å². The number of nitrogens with zero attached hydrogens (tertiary/aromatic N) is 3. The molecule has 0 spiro atoms. The Morgan fingerprint density at radius 2 is 2.14 bits per heavy atom. The molecule has 0 aliphatic carbocycles. The molecule has 1 fully saturated rings. The molecular formula is C15H25N3O2S. The molecule has 0 radical (unpaired) electrons. The van der Waals surface area contributed by atoms with Gasteiger partial charge in [-0.05, 0) is 18.3 Å². The van der Waals surface area contributed by atoms with Crippen molar-refractivity contribution < 1.29 is 9.90 Å². The number of hydrogen-bond donors (Lipinski definition) is 1. The van der Waals surface area contributed by atoms with Gasteiger partial charge in [0.15, 0.2) is 4.80 Å². The first-order valence-electron chi connectivity index (χ1n) is 7.32. The van der Waals surface area contributed by atoms with Crippen LogP contribution in [0.4, 0.5) is 4.79 Å². The zero-order chi connectivity index (χ0) is 15.8. The highest BCUT2D eigenvalue weighted by Crippen LogP contribution is 2.38. The molecule has 1 saturated heterocycles. The lowest BCUT2D eigenvalue weighted by molar-refractivity contribution is 0.0517. The van der Waals surface area contributed by atoms with Gasteiger partial charge >= 0.3 is 6.09 Å². The summed E-state index contributed by atoms with van der Waals surface area (Å²) < 4.78 is 2.14. The van der Waals surface area contributed by atoms with Crippen molar-refractivity contribution in [2.45, 2.75) is 45.6 Å². The molecule has 0 bridgehead atoms. The molecule has 1 aliphatic rings. The Morgan fingerprint density at radius 3 is 2.62 bits per heavy atom. The lowest BCUT2D eigenvalue weighted by atomic mass is 9.76. The maximum Gasteiger partial charge on any atom is 0.407 e. The van der Waals surface area contributed by atoms with E-state index in [1.807, 2.05) is 7.05 Å². The molecule has 1 aromatic rings. The summed E-state index contributed by atoms with van der Waals surface area (Å²) in [6.45, 7) is 6.97. The van der Waals surface area contributed by atoms with Crippen molar-refractivity contribution in [3.8, 4) is 0 Å². The summed E-state index contributed by atoms with van der Waals surface area (Å²) in [6.07, 6.45) is 0.961. The Kier molecular flexibility index (Phi) is 4.46. The van der Waals surface area contributed by atoms with Gasteiger partial charge in [0, 0.05) is 43.7 Å². The Hall–Kier alpha value is -1.30. The number of thiazole rings is 1. The predicted molar refractivity (Wildman–Crippen MR) is 84.7 cm³/mol. The highest BCUT2D eigenvalue weighted by atomic mass is 32.1. The van der Waals surface area contributed by atoms with E-state index in [4.69, 9.17) is 0 Å². The molecule has 1 N–H and O–H groups in total. The third-order valence-corrected chi connectivity index (χ3v) is 5.44. The van der Waals surface area contributed by atoms with Crippen LogP contribution in [0.25, 0.3) is 0 Å². The number of carboxylic acid groups (broad SMARTS) is 1. The second-order valence-corrected chi connectivity index (χ2v) is 7.64. The van der Waals surface area contributed by atoms with Gasteiger partial charge in [-0.3, -0.25) is 4.99 Å². The quantitative estimate of drug-likeness (QED) is 0.867. The third kappa shape index (κ3) is 3.15. The van der Waals surface area contributed by atoms with Gasteiger partial charge in [-0.2, -0.15) is 0 Å². The summed E-state index contributed by atoms with van der Waals surface area (Å²) >= 11 is 1.65. The first-order valence-corrected chi connectivity index (χ1v) is 8.20. The van der Waals surface area contributed by atoms with E-state index in [2.05, 4.69) is 35.7 Å². The molecule has 5 nitrogen and oxygen atoms in total. The fourth-order valence-corrected chi connectivity index (χ4v) is 4.18. The second-order valence-electron chi connectivity index (χ2n) is 6.80.